The predicted octanol–water partition coefficient (Wildman–Crippen LogP) is 2.48. The Labute approximate surface area is 118 Å². The lowest BCUT2D eigenvalue weighted by molar-refractivity contribution is 0.0992. The lowest BCUT2D eigenvalue weighted by Crippen LogP contribution is -2.47. The Hall–Kier alpha value is -1.26. The number of hydrogen-bond acceptors (Lipinski definition) is 3. The normalized spacial score (nSPS) is 18.0. The number of rotatable bonds is 4. The molecule has 1 aromatic rings. The van der Waals surface area contributed by atoms with Crippen LogP contribution in [0.3, 0.4) is 0 Å². The number of amides is 1. The smallest absolute Gasteiger partial charge is 0.252 e. The van der Waals surface area contributed by atoms with Crippen molar-refractivity contribution in [3.8, 4) is 5.75 Å². The molecule has 4 N–H and O–H groups in total. The Morgan fingerprint density at radius 1 is 1.32 bits per heavy atom. The summed E-state index contributed by atoms with van der Waals surface area (Å²) < 4.78 is 5.71. The minimum Gasteiger partial charge on any atom is -0.491 e. The largest absolute Gasteiger partial charge is 0.491 e. The number of carbonyl (C=O) groups excluding carboxylic acids is 1. The summed E-state index contributed by atoms with van der Waals surface area (Å²) in [4.78, 5) is 11.4. The van der Waals surface area contributed by atoms with Gasteiger partial charge in [0, 0.05) is 5.02 Å². The maximum Gasteiger partial charge on any atom is 0.252 e. The van der Waals surface area contributed by atoms with Gasteiger partial charge in [-0.2, -0.15) is 0 Å². The molecule has 0 bridgehead atoms. The molecular weight excluding hydrogens is 264 g/mol. The zero-order valence-electron chi connectivity index (χ0n) is 10.8. The summed E-state index contributed by atoms with van der Waals surface area (Å²) in [6, 6.07) is 4.85. The lowest BCUT2D eigenvalue weighted by atomic mass is 9.83. The van der Waals surface area contributed by atoms with Crippen molar-refractivity contribution in [3.05, 3.63) is 28.8 Å². The fourth-order valence-corrected chi connectivity index (χ4v) is 2.61. The molecule has 0 radical (unpaired) electrons. The van der Waals surface area contributed by atoms with Gasteiger partial charge < -0.3 is 16.2 Å². The molecule has 1 amide bonds. The van der Waals surface area contributed by atoms with E-state index in [1.54, 1.807) is 12.1 Å². The summed E-state index contributed by atoms with van der Waals surface area (Å²) >= 11 is 5.85. The number of halogens is 1. The average Bonchev–Trinajstić information content (AvgIpc) is 2.38. The van der Waals surface area contributed by atoms with E-state index in [1.807, 2.05) is 0 Å². The number of hydrogen-bond donors (Lipinski definition) is 2. The predicted molar refractivity (Wildman–Crippen MR) is 75.5 cm³/mol. The summed E-state index contributed by atoms with van der Waals surface area (Å²) in [5.74, 6) is -0.0977. The molecule has 1 saturated carbocycles. The van der Waals surface area contributed by atoms with Gasteiger partial charge in [-0.1, -0.05) is 30.9 Å². The molecule has 0 unspecified atom stereocenters. The molecule has 1 aliphatic rings. The van der Waals surface area contributed by atoms with Crippen LogP contribution in [0, 0.1) is 0 Å². The van der Waals surface area contributed by atoms with E-state index in [4.69, 9.17) is 27.8 Å². The average molecular weight is 283 g/mol. The van der Waals surface area contributed by atoms with Gasteiger partial charge in [-0.05, 0) is 31.0 Å². The molecule has 0 atom stereocenters. The summed E-state index contributed by atoms with van der Waals surface area (Å²) in [5.41, 5.74) is 11.6. The second-order valence-electron chi connectivity index (χ2n) is 5.22. The van der Waals surface area contributed by atoms with Crippen LogP contribution in [-0.4, -0.2) is 18.1 Å². The van der Waals surface area contributed by atoms with Crippen LogP contribution in [-0.2, 0) is 0 Å². The van der Waals surface area contributed by atoms with E-state index >= 15 is 0 Å². The molecule has 1 fully saturated rings. The first kappa shape index (κ1) is 14.2. The Balaban J connectivity index is 2.08. The highest BCUT2D eigenvalue weighted by molar-refractivity contribution is 6.31. The highest BCUT2D eigenvalue weighted by Gasteiger charge is 2.28. The number of ether oxygens (including phenoxy) is 1. The minimum atomic E-state index is -0.549. The highest BCUT2D eigenvalue weighted by atomic mass is 35.5. The van der Waals surface area contributed by atoms with Crippen LogP contribution in [0.5, 0.6) is 5.75 Å². The van der Waals surface area contributed by atoms with Crippen molar-refractivity contribution in [1.82, 2.24) is 0 Å². The Kier molecular flexibility index (Phi) is 4.32. The quantitative estimate of drug-likeness (QED) is 0.890. The van der Waals surface area contributed by atoms with Crippen molar-refractivity contribution in [2.45, 2.75) is 37.6 Å². The highest BCUT2D eigenvalue weighted by Crippen LogP contribution is 2.28. The summed E-state index contributed by atoms with van der Waals surface area (Å²) in [6.07, 6.45) is 5.39. The van der Waals surface area contributed by atoms with Crippen molar-refractivity contribution in [2.24, 2.45) is 11.5 Å². The molecule has 104 valence electrons. The van der Waals surface area contributed by atoms with E-state index in [0.717, 1.165) is 25.7 Å². The summed E-state index contributed by atoms with van der Waals surface area (Å²) in [6.45, 7) is 0.398. The molecule has 0 heterocycles. The fraction of sp³-hybridized carbons (Fsp3) is 0.500. The number of nitrogens with two attached hydrogens (primary N) is 2. The van der Waals surface area contributed by atoms with Gasteiger partial charge in [0.25, 0.3) is 5.91 Å². The van der Waals surface area contributed by atoms with Crippen LogP contribution < -0.4 is 16.2 Å². The van der Waals surface area contributed by atoms with E-state index in [1.165, 1.54) is 12.5 Å². The van der Waals surface area contributed by atoms with Crippen LogP contribution in [0.2, 0.25) is 5.02 Å². The Morgan fingerprint density at radius 2 is 2.00 bits per heavy atom. The third kappa shape index (κ3) is 3.61. The van der Waals surface area contributed by atoms with E-state index in [-0.39, 0.29) is 5.54 Å². The van der Waals surface area contributed by atoms with Gasteiger partial charge in [-0.15, -0.1) is 0 Å². The van der Waals surface area contributed by atoms with Gasteiger partial charge in [0.05, 0.1) is 11.1 Å². The van der Waals surface area contributed by atoms with Gasteiger partial charge in [-0.25, -0.2) is 0 Å². The van der Waals surface area contributed by atoms with Gasteiger partial charge in [-0.3, -0.25) is 4.79 Å². The lowest BCUT2D eigenvalue weighted by Gasteiger charge is -2.33. The van der Waals surface area contributed by atoms with Crippen LogP contribution in [0.4, 0.5) is 0 Å². The maximum absolute atomic E-state index is 11.4. The molecule has 0 spiro atoms. The molecule has 1 aromatic carbocycles. The summed E-state index contributed by atoms with van der Waals surface area (Å²) in [5, 5.41) is 0.460. The molecule has 0 aliphatic heterocycles. The number of primary amides is 1. The van der Waals surface area contributed by atoms with Crippen molar-refractivity contribution in [2.75, 3.05) is 6.61 Å². The molecule has 0 aromatic heterocycles. The van der Waals surface area contributed by atoms with Crippen molar-refractivity contribution >= 4 is 17.5 Å². The van der Waals surface area contributed by atoms with E-state index in [2.05, 4.69) is 0 Å². The van der Waals surface area contributed by atoms with Gasteiger partial charge in [0.15, 0.2) is 0 Å². The first-order valence-corrected chi connectivity index (χ1v) is 6.89. The number of benzene rings is 1. The molecule has 2 rings (SSSR count). The van der Waals surface area contributed by atoms with Crippen molar-refractivity contribution in [3.63, 3.8) is 0 Å². The van der Waals surface area contributed by atoms with E-state index in [0.29, 0.717) is 22.9 Å². The second-order valence-corrected chi connectivity index (χ2v) is 5.65. The SMILES string of the molecule is NC(=O)c1cc(Cl)ccc1OCC1(N)CCCCC1. The molecule has 5 heteroatoms. The van der Waals surface area contributed by atoms with Crippen LogP contribution in [0.15, 0.2) is 18.2 Å². The molecule has 1 aliphatic carbocycles. The summed E-state index contributed by atoms with van der Waals surface area (Å²) in [7, 11) is 0. The fourth-order valence-electron chi connectivity index (χ4n) is 2.44. The van der Waals surface area contributed by atoms with E-state index < -0.39 is 5.91 Å². The second kappa shape index (κ2) is 5.80. The topological polar surface area (TPSA) is 78.3 Å². The van der Waals surface area contributed by atoms with Crippen LogP contribution in [0.25, 0.3) is 0 Å². The monoisotopic (exact) mass is 282 g/mol. The zero-order chi connectivity index (χ0) is 13.9. The van der Waals surface area contributed by atoms with Gasteiger partial charge in [0.2, 0.25) is 0 Å². The number of carbonyl (C=O) groups is 1. The van der Waals surface area contributed by atoms with Crippen molar-refractivity contribution in [1.29, 1.82) is 0 Å². The molecule has 4 nitrogen and oxygen atoms in total. The standard InChI is InChI=1S/C14H19ClN2O2/c15-10-4-5-12(11(8-10)13(16)18)19-9-14(17)6-2-1-3-7-14/h4-5,8H,1-3,6-7,9,17H2,(H2,16,18). The van der Waals surface area contributed by atoms with E-state index in [9.17, 15) is 4.79 Å². The zero-order valence-corrected chi connectivity index (χ0v) is 11.6. The molecular formula is C14H19ClN2O2. The van der Waals surface area contributed by atoms with Crippen LogP contribution >= 0.6 is 11.6 Å². The third-order valence-electron chi connectivity index (χ3n) is 3.57. The first-order chi connectivity index (χ1) is 9.00. The minimum absolute atomic E-state index is 0.298. The third-order valence-corrected chi connectivity index (χ3v) is 3.81. The van der Waals surface area contributed by atoms with Crippen molar-refractivity contribution < 1.29 is 9.53 Å². The Morgan fingerprint density at radius 3 is 2.63 bits per heavy atom. The van der Waals surface area contributed by atoms with Crippen LogP contribution in [0.1, 0.15) is 42.5 Å². The molecule has 0 saturated heterocycles. The maximum atomic E-state index is 11.4. The Bertz CT molecular complexity index is 471. The van der Waals surface area contributed by atoms with Gasteiger partial charge in [0.1, 0.15) is 12.4 Å². The van der Waals surface area contributed by atoms with Gasteiger partial charge >= 0.3 is 0 Å². The first-order valence-electron chi connectivity index (χ1n) is 6.51. The molecule has 19 heavy (non-hydrogen) atoms.